The summed E-state index contributed by atoms with van der Waals surface area (Å²) in [6.45, 7) is 2.99. The molecule has 2 rings (SSSR count). The van der Waals surface area contributed by atoms with Gasteiger partial charge in [0.2, 0.25) is 0 Å². The van der Waals surface area contributed by atoms with Crippen molar-refractivity contribution >= 4 is 15.9 Å². The van der Waals surface area contributed by atoms with Crippen molar-refractivity contribution in [3.05, 3.63) is 40.4 Å². The zero-order valence-electron chi connectivity index (χ0n) is 11.7. The molecule has 2 aromatic rings. The first-order valence-electron chi connectivity index (χ1n) is 6.61. The highest BCUT2D eigenvalue weighted by Crippen LogP contribution is 2.28. The number of methoxy groups -OCH3 is 1. The zero-order chi connectivity index (χ0) is 14.5. The minimum atomic E-state index is -0.114. The Balaban J connectivity index is 2.13. The van der Waals surface area contributed by atoms with Crippen molar-refractivity contribution in [3.63, 3.8) is 0 Å². The van der Waals surface area contributed by atoms with Crippen LogP contribution >= 0.6 is 15.9 Å². The van der Waals surface area contributed by atoms with Crippen molar-refractivity contribution < 1.29 is 4.74 Å². The highest BCUT2D eigenvalue weighted by molar-refractivity contribution is 9.10. The van der Waals surface area contributed by atoms with E-state index in [9.17, 15) is 0 Å². The molecule has 0 radical (unpaired) electrons. The van der Waals surface area contributed by atoms with Crippen LogP contribution in [0, 0.1) is 0 Å². The maximum atomic E-state index is 6.27. The van der Waals surface area contributed by atoms with E-state index in [4.69, 9.17) is 10.5 Å². The van der Waals surface area contributed by atoms with Crippen LogP contribution in [0.3, 0.4) is 0 Å². The van der Waals surface area contributed by atoms with Gasteiger partial charge in [0, 0.05) is 19.0 Å². The summed E-state index contributed by atoms with van der Waals surface area (Å²) >= 11 is 3.48. The summed E-state index contributed by atoms with van der Waals surface area (Å²) in [7, 11) is 1.65. The SMILES string of the molecule is CCCn1ncnc1CC(N)c1ccc(OC)c(Br)c1. The molecular weight excluding hydrogens is 320 g/mol. The molecule has 1 atom stereocenters. The topological polar surface area (TPSA) is 66.0 Å². The molecule has 0 fully saturated rings. The van der Waals surface area contributed by atoms with Crippen LogP contribution < -0.4 is 10.5 Å². The second-order valence-corrected chi connectivity index (χ2v) is 5.46. The highest BCUT2D eigenvalue weighted by Gasteiger charge is 2.13. The molecule has 0 saturated heterocycles. The van der Waals surface area contributed by atoms with Crippen molar-refractivity contribution in [2.75, 3.05) is 7.11 Å². The van der Waals surface area contributed by atoms with Crippen molar-refractivity contribution in [1.82, 2.24) is 14.8 Å². The number of aromatic nitrogens is 3. The first-order valence-corrected chi connectivity index (χ1v) is 7.40. The molecule has 1 aromatic carbocycles. The van der Waals surface area contributed by atoms with E-state index in [2.05, 4.69) is 32.9 Å². The van der Waals surface area contributed by atoms with E-state index in [0.717, 1.165) is 34.6 Å². The number of benzene rings is 1. The van der Waals surface area contributed by atoms with Crippen LogP contribution in [0.1, 0.15) is 30.8 Å². The van der Waals surface area contributed by atoms with Gasteiger partial charge in [-0.15, -0.1) is 0 Å². The van der Waals surface area contributed by atoms with Crippen molar-refractivity contribution in [2.24, 2.45) is 5.73 Å². The number of nitrogens with zero attached hydrogens (tertiary/aromatic N) is 3. The van der Waals surface area contributed by atoms with Gasteiger partial charge in [0.05, 0.1) is 11.6 Å². The molecule has 0 aliphatic heterocycles. The molecule has 0 saturated carbocycles. The fourth-order valence-corrected chi connectivity index (χ4v) is 2.63. The third-order valence-corrected chi connectivity index (χ3v) is 3.76. The van der Waals surface area contributed by atoms with E-state index >= 15 is 0 Å². The molecule has 1 heterocycles. The molecule has 2 N–H and O–H groups in total. The Bertz CT molecular complexity index is 570. The second-order valence-electron chi connectivity index (χ2n) is 4.60. The van der Waals surface area contributed by atoms with E-state index in [-0.39, 0.29) is 6.04 Å². The summed E-state index contributed by atoms with van der Waals surface area (Å²) in [6.07, 6.45) is 3.28. The summed E-state index contributed by atoms with van der Waals surface area (Å²) < 4.78 is 8.04. The smallest absolute Gasteiger partial charge is 0.138 e. The first kappa shape index (κ1) is 15.0. The Kier molecular flexibility index (Phi) is 5.14. The van der Waals surface area contributed by atoms with Crippen LogP contribution in [0.5, 0.6) is 5.75 Å². The molecule has 1 aromatic heterocycles. The Morgan fingerprint density at radius 2 is 2.25 bits per heavy atom. The minimum absolute atomic E-state index is 0.114. The van der Waals surface area contributed by atoms with Gasteiger partial charge in [-0.1, -0.05) is 13.0 Å². The van der Waals surface area contributed by atoms with Gasteiger partial charge in [-0.3, -0.25) is 4.68 Å². The van der Waals surface area contributed by atoms with Gasteiger partial charge in [0.15, 0.2) is 0 Å². The molecule has 0 aliphatic rings. The summed E-state index contributed by atoms with van der Waals surface area (Å²) in [6, 6.07) is 5.77. The van der Waals surface area contributed by atoms with Crippen LogP contribution in [0.2, 0.25) is 0 Å². The maximum Gasteiger partial charge on any atom is 0.138 e. The Morgan fingerprint density at radius 1 is 1.45 bits per heavy atom. The Morgan fingerprint density at radius 3 is 2.90 bits per heavy atom. The van der Waals surface area contributed by atoms with Crippen LogP contribution in [-0.4, -0.2) is 21.9 Å². The molecule has 1 unspecified atom stereocenters. The number of rotatable bonds is 6. The Labute approximate surface area is 127 Å². The molecule has 6 heteroatoms. The van der Waals surface area contributed by atoms with E-state index in [0.29, 0.717) is 6.42 Å². The van der Waals surface area contributed by atoms with E-state index in [1.165, 1.54) is 0 Å². The number of aryl methyl sites for hydroxylation is 1. The van der Waals surface area contributed by atoms with Gasteiger partial charge in [0.1, 0.15) is 17.9 Å². The number of ether oxygens (including phenoxy) is 1. The quantitative estimate of drug-likeness (QED) is 0.879. The highest BCUT2D eigenvalue weighted by atomic mass is 79.9. The average molecular weight is 339 g/mol. The number of hydrogen-bond donors (Lipinski definition) is 1. The normalized spacial score (nSPS) is 12.4. The summed E-state index contributed by atoms with van der Waals surface area (Å²) in [5.74, 6) is 1.72. The average Bonchev–Trinajstić information content (AvgIpc) is 2.86. The largest absolute Gasteiger partial charge is 0.496 e. The van der Waals surface area contributed by atoms with Crippen molar-refractivity contribution in [2.45, 2.75) is 32.4 Å². The van der Waals surface area contributed by atoms with Gasteiger partial charge < -0.3 is 10.5 Å². The fourth-order valence-electron chi connectivity index (χ4n) is 2.07. The molecular formula is C14H19BrN4O. The number of nitrogens with two attached hydrogens (primary N) is 1. The maximum absolute atomic E-state index is 6.27. The fraction of sp³-hybridized carbons (Fsp3) is 0.429. The predicted molar refractivity (Wildman–Crippen MR) is 81.6 cm³/mol. The lowest BCUT2D eigenvalue weighted by Crippen LogP contribution is -2.17. The molecule has 0 amide bonds. The summed E-state index contributed by atoms with van der Waals surface area (Å²) in [5, 5.41) is 4.22. The van der Waals surface area contributed by atoms with E-state index < -0.39 is 0 Å². The van der Waals surface area contributed by atoms with Crippen molar-refractivity contribution in [3.8, 4) is 5.75 Å². The monoisotopic (exact) mass is 338 g/mol. The summed E-state index contributed by atoms with van der Waals surface area (Å²) in [4.78, 5) is 4.29. The molecule has 0 bridgehead atoms. The van der Waals surface area contributed by atoms with Gasteiger partial charge in [-0.2, -0.15) is 5.10 Å². The molecule has 5 nitrogen and oxygen atoms in total. The number of halogens is 1. The van der Waals surface area contributed by atoms with Crippen LogP contribution in [0.25, 0.3) is 0 Å². The van der Waals surface area contributed by atoms with Crippen molar-refractivity contribution in [1.29, 1.82) is 0 Å². The molecule has 20 heavy (non-hydrogen) atoms. The van der Waals surface area contributed by atoms with Gasteiger partial charge in [-0.05, 0) is 40.0 Å². The van der Waals surface area contributed by atoms with Crippen LogP contribution in [0.4, 0.5) is 0 Å². The lowest BCUT2D eigenvalue weighted by molar-refractivity contribution is 0.412. The third kappa shape index (κ3) is 3.37. The van der Waals surface area contributed by atoms with Gasteiger partial charge >= 0.3 is 0 Å². The lowest BCUT2D eigenvalue weighted by Gasteiger charge is -2.14. The van der Waals surface area contributed by atoms with Gasteiger partial charge in [-0.25, -0.2) is 4.98 Å². The standard InChI is InChI=1S/C14H19BrN4O/c1-3-6-19-14(17-9-18-19)8-12(16)10-4-5-13(20-2)11(15)7-10/h4-5,7,9,12H,3,6,8,16H2,1-2H3. The predicted octanol–water partition coefficient (Wildman–Crippen LogP) is 2.70. The van der Waals surface area contributed by atoms with E-state index in [1.807, 2.05) is 22.9 Å². The second kappa shape index (κ2) is 6.85. The Hall–Kier alpha value is -1.40. The molecule has 0 spiro atoms. The lowest BCUT2D eigenvalue weighted by atomic mass is 10.0. The summed E-state index contributed by atoms with van der Waals surface area (Å²) in [5.41, 5.74) is 7.31. The van der Waals surface area contributed by atoms with Crippen LogP contribution in [0.15, 0.2) is 29.0 Å². The van der Waals surface area contributed by atoms with Gasteiger partial charge in [0.25, 0.3) is 0 Å². The minimum Gasteiger partial charge on any atom is -0.496 e. The van der Waals surface area contributed by atoms with E-state index in [1.54, 1.807) is 13.4 Å². The first-order chi connectivity index (χ1) is 9.65. The van der Waals surface area contributed by atoms with Crippen LogP contribution in [-0.2, 0) is 13.0 Å². The molecule has 0 aliphatic carbocycles. The zero-order valence-corrected chi connectivity index (χ0v) is 13.3. The number of hydrogen-bond acceptors (Lipinski definition) is 4. The third-order valence-electron chi connectivity index (χ3n) is 3.14. The molecule has 108 valence electrons.